The Morgan fingerprint density at radius 1 is 1.30 bits per heavy atom. The van der Waals surface area contributed by atoms with Crippen LogP contribution in [0.3, 0.4) is 0 Å². The van der Waals surface area contributed by atoms with E-state index in [4.69, 9.17) is 9.47 Å². The number of aliphatic hydroxyl groups excluding tert-OH is 1. The Hall–Kier alpha value is -1.90. The van der Waals surface area contributed by atoms with E-state index in [1.807, 2.05) is 31.8 Å². The number of halogens is 1. The number of aryl methyl sites for hydroxylation is 1. The number of likely N-dealkylation sites (N-methyl/N-ethyl adjacent to an activating group) is 1. The van der Waals surface area contributed by atoms with Crippen LogP contribution in [-0.2, 0) is 23.1 Å². The second kappa shape index (κ2) is 8.41. The first-order chi connectivity index (χ1) is 12.6. The summed E-state index contributed by atoms with van der Waals surface area (Å²) in [6.45, 7) is 4.52. The van der Waals surface area contributed by atoms with Crippen molar-refractivity contribution in [3.8, 4) is 5.75 Å². The Bertz CT molecular complexity index is 873. The first-order valence-electron chi connectivity index (χ1n) is 8.70. The summed E-state index contributed by atoms with van der Waals surface area (Å²) < 4.78 is 13.7. The molecule has 7 nitrogen and oxygen atoms in total. The number of hydrogen-bond donors (Lipinski definition) is 1. The number of aliphatic hydroxyl groups is 1. The van der Waals surface area contributed by atoms with Crippen LogP contribution in [0, 0.1) is 0 Å². The minimum atomic E-state index is -0.443. The fourth-order valence-electron chi connectivity index (χ4n) is 3.03. The summed E-state index contributed by atoms with van der Waals surface area (Å²) in [7, 11) is 5.87. The highest BCUT2D eigenvalue weighted by molar-refractivity contribution is 9.10. The number of ether oxygens (including phenoxy) is 2. The van der Waals surface area contributed by atoms with Crippen molar-refractivity contribution in [3.63, 3.8) is 0 Å². The van der Waals surface area contributed by atoms with Crippen LogP contribution in [0.15, 0.2) is 16.6 Å². The van der Waals surface area contributed by atoms with Crippen LogP contribution in [0.2, 0.25) is 0 Å². The highest BCUT2D eigenvalue weighted by Crippen LogP contribution is 2.37. The Morgan fingerprint density at radius 2 is 1.96 bits per heavy atom. The third-order valence-electron chi connectivity index (χ3n) is 4.38. The maximum Gasteiger partial charge on any atom is 0.339 e. The summed E-state index contributed by atoms with van der Waals surface area (Å²) in [6, 6.07) is 3.51. The highest BCUT2D eigenvalue weighted by atomic mass is 79.9. The lowest BCUT2D eigenvalue weighted by Crippen LogP contribution is -2.41. The molecule has 0 saturated carbocycles. The van der Waals surface area contributed by atoms with Gasteiger partial charge in [0.1, 0.15) is 18.8 Å². The average molecular weight is 442 g/mol. The number of quaternary nitrogens is 1. The van der Waals surface area contributed by atoms with Crippen LogP contribution >= 0.6 is 15.9 Å². The molecule has 0 saturated heterocycles. The number of hydrogen-bond acceptors (Lipinski definition) is 5. The molecule has 0 aliphatic carbocycles. The number of carbonyl (C=O) groups is 2. The zero-order valence-electron chi connectivity index (χ0n) is 16.3. The number of nitrogens with zero attached hydrogens (tertiary/aromatic N) is 2. The third kappa shape index (κ3) is 4.69. The second-order valence-corrected chi connectivity index (χ2v) is 7.89. The Balaban J connectivity index is 2.69. The molecule has 0 aliphatic heterocycles. The molecule has 27 heavy (non-hydrogen) atoms. The Kier molecular flexibility index (Phi) is 6.67. The summed E-state index contributed by atoms with van der Waals surface area (Å²) in [5, 5.41) is 9.99. The standard InChI is InChI=1S/C19H26BrN2O5/c1-6-26-19(25)13-9-14-16(10-15(13)20)21(3)17(18(14)27-12(2)24)11-22(4,5)7-8-23/h9-10,23H,6-8,11H2,1-5H3/q+1. The molecule has 0 radical (unpaired) electrons. The van der Waals surface area contributed by atoms with E-state index in [-0.39, 0.29) is 13.2 Å². The smallest absolute Gasteiger partial charge is 0.339 e. The molecule has 1 aromatic heterocycles. The molecule has 1 N–H and O–H groups in total. The van der Waals surface area contributed by atoms with Gasteiger partial charge in [-0.1, -0.05) is 0 Å². The summed E-state index contributed by atoms with van der Waals surface area (Å²) in [4.78, 5) is 24.0. The predicted molar refractivity (Wildman–Crippen MR) is 106 cm³/mol. The van der Waals surface area contributed by atoms with Gasteiger partial charge in [-0.2, -0.15) is 0 Å². The van der Waals surface area contributed by atoms with E-state index < -0.39 is 11.9 Å². The van der Waals surface area contributed by atoms with Crippen molar-refractivity contribution < 1.29 is 28.7 Å². The molecule has 2 rings (SSSR count). The van der Waals surface area contributed by atoms with Crippen molar-refractivity contribution in [2.75, 3.05) is 33.9 Å². The van der Waals surface area contributed by atoms with Gasteiger partial charge in [0.15, 0.2) is 5.75 Å². The van der Waals surface area contributed by atoms with Crippen molar-refractivity contribution in [3.05, 3.63) is 27.9 Å². The van der Waals surface area contributed by atoms with Gasteiger partial charge in [0, 0.05) is 23.8 Å². The molecule has 0 unspecified atom stereocenters. The fraction of sp³-hybridized carbons (Fsp3) is 0.474. The summed E-state index contributed by atoms with van der Waals surface area (Å²) in [5.41, 5.74) is 2.01. The largest absolute Gasteiger partial charge is 0.462 e. The lowest BCUT2D eigenvalue weighted by atomic mass is 10.1. The van der Waals surface area contributed by atoms with Gasteiger partial charge in [0.25, 0.3) is 0 Å². The fourth-order valence-corrected chi connectivity index (χ4v) is 3.52. The first kappa shape index (κ1) is 21.4. The van der Waals surface area contributed by atoms with E-state index in [0.717, 1.165) is 11.2 Å². The van der Waals surface area contributed by atoms with E-state index >= 15 is 0 Å². The van der Waals surface area contributed by atoms with E-state index in [1.54, 1.807) is 13.0 Å². The first-order valence-corrected chi connectivity index (χ1v) is 9.49. The van der Waals surface area contributed by atoms with Crippen LogP contribution in [0.1, 0.15) is 29.9 Å². The molecule has 2 aromatic rings. The molecular formula is C19H26BrN2O5+. The maximum atomic E-state index is 12.3. The third-order valence-corrected chi connectivity index (χ3v) is 5.04. The summed E-state index contributed by atoms with van der Waals surface area (Å²) in [5.74, 6) is -0.444. The Labute approximate surface area is 167 Å². The second-order valence-electron chi connectivity index (χ2n) is 7.04. The van der Waals surface area contributed by atoms with Crippen molar-refractivity contribution in [1.29, 1.82) is 0 Å². The van der Waals surface area contributed by atoms with Crippen LogP contribution in [-0.4, -0.2) is 59.9 Å². The molecule has 148 valence electrons. The molecule has 0 aliphatic rings. The van der Waals surface area contributed by atoms with E-state index in [2.05, 4.69) is 15.9 Å². The molecular weight excluding hydrogens is 416 g/mol. The van der Waals surface area contributed by atoms with Crippen molar-refractivity contribution in [2.24, 2.45) is 7.05 Å². The van der Waals surface area contributed by atoms with Crippen LogP contribution in [0.25, 0.3) is 10.9 Å². The van der Waals surface area contributed by atoms with Gasteiger partial charge in [-0.05, 0) is 35.0 Å². The van der Waals surface area contributed by atoms with E-state index in [1.165, 1.54) is 6.92 Å². The molecule has 0 atom stereocenters. The highest BCUT2D eigenvalue weighted by Gasteiger charge is 2.27. The van der Waals surface area contributed by atoms with Crippen LogP contribution < -0.4 is 4.74 Å². The van der Waals surface area contributed by atoms with Gasteiger partial charge in [-0.15, -0.1) is 0 Å². The maximum absolute atomic E-state index is 12.3. The quantitative estimate of drug-likeness (QED) is 0.527. The van der Waals surface area contributed by atoms with Crippen molar-refractivity contribution in [1.82, 2.24) is 4.57 Å². The molecule has 0 amide bonds. The molecule has 0 bridgehead atoms. The van der Waals surface area contributed by atoms with Crippen LogP contribution in [0.5, 0.6) is 5.75 Å². The van der Waals surface area contributed by atoms with Crippen molar-refractivity contribution in [2.45, 2.75) is 20.4 Å². The van der Waals surface area contributed by atoms with Crippen LogP contribution in [0.4, 0.5) is 0 Å². The minimum absolute atomic E-state index is 0.0540. The van der Waals surface area contributed by atoms with Gasteiger partial charge >= 0.3 is 11.9 Å². The number of aromatic nitrogens is 1. The normalized spacial score (nSPS) is 11.7. The average Bonchev–Trinajstić information content (AvgIpc) is 2.78. The molecule has 0 fully saturated rings. The number of fused-ring (bicyclic) bond motifs is 1. The predicted octanol–water partition coefficient (Wildman–Crippen LogP) is 2.61. The minimum Gasteiger partial charge on any atom is -0.462 e. The SMILES string of the molecule is CCOC(=O)c1cc2c(OC(C)=O)c(C[N+](C)(C)CCO)n(C)c2cc1Br. The van der Waals surface area contributed by atoms with E-state index in [9.17, 15) is 14.7 Å². The van der Waals surface area contributed by atoms with Gasteiger partial charge in [-0.3, -0.25) is 4.79 Å². The Morgan fingerprint density at radius 3 is 2.52 bits per heavy atom. The lowest BCUT2D eigenvalue weighted by molar-refractivity contribution is -0.904. The van der Waals surface area contributed by atoms with Crippen molar-refractivity contribution >= 4 is 38.8 Å². The summed E-state index contributed by atoms with van der Waals surface area (Å²) >= 11 is 3.43. The molecule has 8 heteroatoms. The topological polar surface area (TPSA) is 77.8 Å². The lowest BCUT2D eigenvalue weighted by Gasteiger charge is -2.29. The molecule has 1 aromatic carbocycles. The number of rotatable bonds is 7. The van der Waals surface area contributed by atoms with E-state index in [0.29, 0.717) is 38.7 Å². The zero-order valence-corrected chi connectivity index (χ0v) is 17.9. The summed E-state index contributed by atoms with van der Waals surface area (Å²) in [6.07, 6.45) is 0. The monoisotopic (exact) mass is 441 g/mol. The number of carbonyl (C=O) groups excluding carboxylic acids is 2. The van der Waals surface area contributed by atoms with Gasteiger partial charge in [0.05, 0.1) is 38.4 Å². The van der Waals surface area contributed by atoms with Gasteiger partial charge in [0.2, 0.25) is 0 Å². The molecule has 0 spiro atoms. The van der Waals surface area contributed by atoms with Gasteiger partial charge < -0.3 is 23.6 Å². The van der Waals surface area contributed by atoms with Gasteiger partial charge in [-0.25, -0.2) is 4.79 Å². The number of esters is 2. The number of benzene rings is 1. The molecule has 1 heterocycles. The zero-order chi connectivity index (χ0) is 20.4.